The quantitative estimate of drug-likeness (QED) is 0.515. The molecule has 29 heavy (non-hydrogen) atoms. The maximum absolute atomic E-state index is 10.6. The third kappa shape index (κ3) is 3.97. The number of ether oxygens (including phenoxy) is 1. The molecule has 3 aromatic rings. The first-order valence-electron chi connectivity index (χ1n) is 9.91. The highest BCUT2D eigenvalue weighted by Gasteiger charge is 2.44. The van der Waals surface area contributed by atoms with Gasteiger partial charge in [0.25, 0.3) is 0 Å². The number of rotatable bonds is 5. The molecule has 0 bridgehead atoms. The summed E-state index contributed by atoms with van der Waals surface area (Å²) in [5, 5.41) is 42.5. The summed E-state index contributed by atoms with van der Waals surface area (Å²) in [6.07, 6.45) is -4.04. The maximum Gasteiger partial charge on any atom is 0.113 e. The van der Waals surface area contributed by atoms with E-state index in [9.17, 15) is 20.4 Å². The Morgan fingerprint density at radius 1 is 0.931 bits per heavy atom. The molecule has 0 amide bonds. The molecule has 1 aromatic heterocycles. The van der Waals surface area contributed by atoms with Crippen molar-refractivity contribution in [3.63, 3.8) is 0 Å². The average molecular weight is 415 g/mol. The molecule has 2 heterocycles. The lowest BCUT2D eigenvalue weighted by atomic mass is 9.87. The zero-order chi connectivity index (χ0) is 20.5. The zero-order valence-corrected chi connectivity index (χ0v) is 17.0. The molecule has 5 nitrogen and oxygen atoms in total. The third-order valence-corrected chi connectivity index (χ3v) is 6.83. The lowest BCUT2D eigenvalue weighted by Gasteiger charge is -2.40. The Labute approximate surface area is 173 Å². The molecule has 0 unspecified atom stereocenters. The van der Waals surface area contributed by atoms with Crippen LogP contribution >= 0.6 is 11.3 Å². The van der Waals surface area contributed by atoms with E-state index in [2.05, 4.69) is 25.1 Å². The molecular weight excluding hydrogens is 388 g/mol. The first-order valence-corrected chi connectivity index (χ1v) is 10.7. The van der Waals surface area contributed by atoms with Gasteiger partial charge >= 0.3 is 0 Å². The number of aliphatic hydroxyl groups is 4. The Bertz CT molecular complexity index is 982. The molecule has 0 spiro atoms. The van der Waals surface area contributed by atoms with E-state index in [1.54, 1.807) is 11.3 Å². The molecule has 6 heteroatoms. The number of aryl methyl sites for hydroxylation is 1. The number of thiophene rings is 1. The molecule has 5 atom stereocenters. The predicted octanol–water partition coefficient (Wildman–Crippen LogP) is 2.57. The molecule has 0 aliphatic carbocycles. The lowest BCUT2D eigenvalue weighted by molar-refractivity contribution is -0.231. The van der Waals surface area contributed by atoms with Crippen LogP contribution in [-0.2, 0) is 17.6 Å². The second kappa shape index (κ2) is 8.52. The van der Waals surface area contributed by atoms with Crippen LogP contribution in [-0.4, -0.2) is 51.4 Å². The number of benzene rings is 2. The van der Waals surface area contributed by atoms with Crippen molar-refractivity contribution in [3.05, 3.63) is 69.4 Å². The van der Waals surface area contributed by atoms with E-state index in [1.165, 1.54) is 9.75 Å². The first-order chi connectivity index (χ1) is 14.0. The van der Waals surface area contributed by atoms with Gasteiger partial charge in [0.15, 0.2) is 0 Å². The van der Waals surface area contributed by atoms with Gasteiger partial charge in [0.05, 0.1) is 6.61 Å². The second-order valence-corrected chi connectivity index (χ2v) is 8.81. The van der Waals surface area contributed by atoms with Crippen molar-refractivity contribution in [3.8, 4) is 0 Å². The average Bonchev–Trinajstić information content (AvgIpc) is 3.19. The van der Waals surface area contributed by atoms with Gasteiger partial charge in [-0.3, -0.25) is 0 Å². The Morgan fingerprint density at radius 3 is 2.41 bits per heavy atom. The van der Waals surface area contributed by atoms with Crippen molar-refractivity contribution in [1.29, 1.82) is 0 Å². The van der Waals surface area contributed by atoms with Crippen LogP contribution in [0.1, 0.15) is 33.9 Å². The fraction of sp³-hybridized carbons (Fsp3) is 0.391. The van der Waals surface area contributed by atoms with E-state index in [1.807, 2.05) is 30.3 Å². The minimum atomic E-state index is -1.39. The molecule has 0 radical (unpaired) electrons. The van der Waals surface area contributed by atoms with Gasteiger partial charge in [-0.2, -0.15) is 0 Å². The van der Waals surface area contributed by atoms with Gasteiger partial charge in [-0.1, -0.05) is 43.3 Å². The number of fused-ring (bicyclic) bond motifs is 1. The van der Waals surface area contributed by atoms with E-state index in [4.69, 9.17) is 4.74 Å². The maximum atomic E-state index is 10.6. The van der Waals surface area contributed by atoms with E-state index in [0.29, 0.717) is 0 Å². The van der Waals surface area contributed by atoms with Gasteiger partial charge in [0.1, 0.15) is 30.5 Å². The summed E-state index contributed by atoms with van der Waals surface area (Å²) in [4.78, 5) is 2.60. The second-order valence-electron chi connectivity index (χ2n) is 7.55. The van der Waals surface area contributed by atoms with Crippen LogP contribution < -0.4 is 0 Å². The van der Waals surface area contributed by atoms with Crippen LogP contribution in [0.25, 0.3) is 10.8 Å². The van der Waals surface area contributed by atoms with Crippen molar-refractivity contribution in [2.45, 2.75) is 50.3 Å². The van der Waals surface area contributed by atoms with E-state index < -0.39 is 37.1 Å². The molecule has 0 saturated carbocycles. The zero-order valence-electron chi connectivity index (χ0n) is 16.2. The highest BCUT2D eigenvalue weighted by molar-refractivity contribution is 7.12. The minimum absolute atomic E-state index is 0.436. The SMILES string of the molecule is CCc1ccc(Cc2cc([C@@H]3O[C@H](CO)[C@@H](O)[C@H](O)[C@H]3O)c3ccccc3c2)s1. The van der Waals surface area contributed by atoms with Gasteiger partial charge in [0.2, 0.25) is 0 Å². The van der Waals surface area contributed by atoms with E-state index >= 15 is 0 Å². The number of hydrogen-bond donors (Lipinski definition) is 4. The van der Waals surface area contributed by atoms with Crippen LogP contribution in [0, 0.1) is 0 Å². The molecular formula is C23H26O5S. The van der Waals surface area contributed by atoms with Gasteiger partial charge in [-0.25, -0.2) is 0 Å². The topological polar surface area (TPSA) is 90.2 Å². The molecule has 154 valence electrons. The lowest BCUT2D eigenvalue weighted by Crippen LogP contribution is -2.55. The summed E-state index contributed by atoms with van der Waals surface area (Å²) in [7, 11) is 0. The molecule has 1 saturated heterocycles. The van der Waals surface area contributed by atoms with Gasteiger partial charge < -0.3 is 25.2 Å². The number of hydrogen-bond acceptors (Lipinski definition) is 6. The van der Waals surface area contributed by atoms with E-state index in [-0.39, 0.29) is 0 Å². The van der Waals surface area contributed by atoms with Crippen molar-refractivity contribution in [2.24, 2.45) is 0 Å². The molecule has 4 rings (SSSR count). The highest BCUT2D eigenvalue weighted by atomic mass is 32.1. The van der Waals surface area contributed by atoms with Crippen LogP contribution in [0.4, 0.5) is 0 Å². The summed E-state index contributed by atoms with van der Waals surface area (Å²) in [6.45, 7) is 1.71. The van der Waals surface area contributed by atoms with Crippen LogP contribution in [0.15, 0.2) is 48.5 Å². The van der Waals surface area contributed by atoms with Crippen molar-refractivity contribution >= 4 is 22.1 Å². The summed E-state index contributed by atoms with van der Waals surface area (Å²) >= 11 is 1.79. The minimum Gasteiger partial charge on any atom is -0.394 e. The molecule has 1 aliphatic heterocycles. The Balaban J connectivity index is 1.76. The monoisotopic (exact) mass is 414 g/mol. The standard InChI is InChI=1S/C23H26O5S/c1-2-15-7-8-16(29-15)10-13-9-14-5-3-4-6-17(14)18(11-13)23-22(27)21(26)20(25)19(12-24)28-23/h3-9,11,19-27H,2,10,12H2,1H3/t19-,20-,21+,22-,23+/m1/s1. The van der Waals surface area contributed by atoms with Crippen LogP contribution in [0.2, 0.25) is 0 Å². The van der Waals surface area contributed by atoms with Gasteiger partial charge in [-0.05, 0) is 40.5 Å². The molecule has 2 aromatic carbocycles. The van der Waals surface area contributed by atoms with Crippen LogP contribution in [0.5, 0.6) is 0 Å². The fourth-order valence-corrected chi connectivity index (χ4v) is 5.00. The van der Waals surface area contributed by atoms with Gasteiger partial charge in [-0.15, -0.1) is 11.3 Å². The normalized spacial score (nSPS) is 27.4. The third-order valence-electron chi connectivity index (χ3n) is 5.60. The van der Waals surface area contributed by atoms with Crippen molar-refractivity contribution in [2.75, 3.05) is 6.61 Å². The Morgan fingerprint density at radius 2 is 1.69 bits per heavy atom. The van der Waals surface area contributed by atoms with Crippen molar-refractivity contribution in [1.82, 2.24) is 0 Å². The summed E-state index contributed by atoms with van der Waals surface area (Å²) < 4.78 is 5.84. The highest BCUT2D eigenvalue weighted by Crippen LogP contribution is 2.37. The Kier molecular flexibility index (Phi) is 6.01. The largest absolute Gasteiger partial charge is 0.394 e. The number of aliphatic hydroxyl groups excluding tert-OH is 4. The summed E-state index contributed by atoms with van der Waals surface area (Å²) in [6, 6.07) is 16.3. The summed E-state index contributed by atoms with van der Waals surface area (Å²) in [5.41, 5.74) is 1.84. The first kappa shape index (κ1) is 20.5. The van der Waals surface area contributed by atoms with E-state index in [0.717, 1.165) is 34.7 Å². The van der Waals surface area contributed by atoms with Gasteiger partial charge in [0, 0.05) is 16.2 Å². The molecule has 4 N–H and O–H groups in total. The molecule has 1 aliphatic rings. The van der Waals surface area contributed by atoms with Crippen molar-refractivity contribution < 1.29 is 25.2 Å². The van der Waals surface area contributed by atoms with Crippen LogP contribution in [0.3, 0.4) is 0 Å². The predicted molar refractivity (Wildman–Crippen MR) is 113 cm³/mol. The molecule has 1 fully saturated rings. The fourth-order valence-electron chi connectivity index (χ4n) is 4.01. The smallest absolute Gasteiger partial charge is 0.113 e. The Hall–Kier alpha value is -1.80. The summed E-state index contributed by atoms with van der Waals surface area (Å²) in [5.74, 6) is 0.